The second kappa shape index (κ2) is 10.9. The number of benzene rings is 1. The number of nitrogens with zero attached hydrogens (tertiary/aromatic N) is 4. The molecular weight excluding hydrogens is 448 g/mol. The number of esters is 1. The zero-order valence-corrected chi connectivity index (χ0v) is 19.9. The number of hydrogen-bond acceptors (Lipinski definition) is 7. The highest BCUT2D eigenvalue weighted by Gasteiger charge is 2.28. The molecule has 0 fully saturated rings. The Morgan fingerprint density at radius 1 is 1.06 bits per heavy atom. The molecule has 0 atom stereocenters. The number of amides is 1. The molecule has 0 saturated heterocycles. The monoisotopic (exact) mass is 476 g/mol. The minimum absolute atomic E-state index is 0.213. The van der Waals surface area contributed by atoms with Gasteiger partial charge in [0.05, 0.1) is 25.6 Å². The van der Waals surface area contributed by atoms with E-state index in [4.69, 9.17) is 9.47 Å². The number of fused-ring (bicyclic) bond motifs is 1. The maximum absolute atomic E-state index is 13.0. The fourth-order valence-corrected chi connectivity index (χ4v) is 4.16. The maximum Gasteiger partial charge on any atom is 0.343 e. The second-order valence-corrected chi connectivity index (χ2v) is 8.33. The number of ether oxygens (including phenoxy) is 2. The second-order valence-electron chi connectivity index (χ2n) is 8.33. The molecule has 0 spiro atoms. The fraction of sp³-hybridized carbons (Fsp3) is 0.346. The molecule has 0 bridgehead atoms. The first-order valence-corrected chi connectivity index (χ1v) is 11.6. The summed E-state index contributed by atoms with van der Waals surface area (Å²) in [5.41, 5.74) is 2.60. The average Bonchev–Trinajstić information content (AvgIpc) is 3.11. The molecule has 0 radical (unpaired) electrons. The summed E-state index contributed by atoms with van der Waals surface area (Å²) < 4.78 is 12.5. The maximum atomic E-state index is 13.0. The van der Waals surface area contributed by atoms with E-state index in [2.05, 4.69) is 9.97 Å². The predicted octanol–water partition coefficient (Wildman–Crippen LogP) is 2.44. The third-order valence-corrected chi connectivity index (χ3v) is 5.98. The molecule has 2 aromatic heterocycles. The van der Waals surface area contributed by atoms with Crippen molar-refractivity contribution >= 4 is 11.9 Å². The Balaban J connectivity index is 1.53. The van der Waals surface area contributed by atoms with Crippen molar-refractivity contribution in [2.45, 2.75) is 32.7 Å². The van der Waals surface area contributed by atoms with Crippen molar-refractivity contribution < 1.29 is 19.1 Å². The van der Waals surface area contributed by atoms with Gasteiger partial charge in [-0.2, -0.15) is 0 Å². The van der Waals surface area contributed by atoms with E-state index >= 15 is 0 Å². The van der Waals surface area contributed by atoms with Gasteiger partial charge in [-0.05, 0) is 25.3 Å². The summed E-state index contributed by atoms with van der Waals surface area (Å²) in [5.74, 6) is -0.628. The Hall–Kier alpha value is -4.01. The molecule has 0 saturated carbocycles. The van der Waals surface area contributed by atoms with Gasteiger partial charge in [0, 0.05) is 44.0 Å². The first-order valence-electron chi connectivity index (χ1n) is 11.6. The molecule has 0 aliphatic carbocycles. The van der Waals surface area contributed by atoms with Gasteiger partial charge in [-0.1, -0.05) is 30.3 Å². The van der Waals surface area contributed by atoms with Crippen molar-refractivity contribution in [3.63, 3.8) is 0 Å². The third-order valence-electron chi connectivity index (χ3n) is 5.98. The number of methoxy groups -OCH3 is 1. The summed E-state index contributed by atoms with van der Waals surface area (Å²) in [6.45, 7) is 3.01. The molecule has 3 heterocycles. The van der Waals surface area contributed by atoms with Crippen LogP contribution in [-0.2, 0) is 24.1 Å². The molecule has 0 N–H and O–H groups in total. The van der Waals surface area contributed by atoms with Crippen molar-refractivity contribution in [3.8, 4) is 5.75 Å². The van der Waals surface area contributed by atoms with Crippen LogP contribution in [0.1, 0.15) is 44.2 Å². The van der Waals surface area contributed by atoms with Crippen molar-refractivity contribution in [3.05, 3.63) is 87.4 Å². The van der Waals surface area contributed by atoms with Gasteiger partial charge < -0.3 is 18.9 Å². The van der Waals surface area contributed by atoms with Crippen LogP contribution in [0.25, 0.3) is 0 Å². The van der Waals surface area contributed by atoms with Crippen LogP contribution in [0.2, 0.25) is 0 Å². The Labute approximate surface area is 203 Å². The highest BCUT2D eigenvalue weighted by atomic mass is 16.5. The van der Waals surface area contributed by atoms with Crippen LogP contribution < -0.4 is 10.3 Å². The molecule has 9 heteroatoms. The summed E-state index contributed by atoms with van der Waals surface area (Å²) in [4.78, 5) is 48.6. The van der Waals surface area contributed by atoms with Gasteiger partial charge in [-0.3, -0.25) is 14.6 Å². The highest BCUT2D eigenvalue weighted by molar-refractivity contribution is 5.94. The zero-order chi connectivity index (χ0) is 24.8. The molecule has 0 unspecified atom stereocenters. The van der Waals surface area contributed by atoms with E-state index in [1.165, 1.54) is 29.5 Å². The van der Waals surface area contributed by atoms with Gasteiger partial charge in [0.15, 0.2) is 0 Å². The van der Waals surface area contributed by atoms with E-state index in [0.29, 0.717) is 31.8 Å². The number of pyridine rings is 1. The number of rotatable bonds is 7. The van der Waals surface area contributed by atoms with E-state index < -0.39 is 5.97 Å². The molecule has 35 heavy (non-hydrogen) atoms. The van der Waals surface area contributed by atoms with Crippen LogP contribution in [0.5, 0.6) is 5.75 Å². The lowest BCUT2D eigenvalue weighted by molar-refractivity contribution is 0.0593. The van der Waals surface area contributed by atoms with E-state index in [9.17, 15) is 14.4 Å². The summed E-state index contributed by atoms with van der Waals surface area (Å²) in [5, 5.41) is 0. The minimum atomic E-state index is -0.573. The summed E-state index contributed by atoms with van der Waals surface area (Å²) in [6.07, 6.45) is 4.83. The SMILES string of the molecule is COC(=O)c1c(OCCCc2ccccc2)cc(=O)n2c1CCN(C(=O)c1cnc(C)cn1)CC2. The summed E-state index contributed by atoms with van der Waals surface area (Å²) in [7, 11) is 1.30. The van der Waals surface area contributed by atoms with Gasteiger partial charge >= 0.3 is 5.97 Å². The van der Waals surface area contributed by atoms with E-state index in [0.717, 1.165) is 18.5 Å². The van der Waals surface area contributed by atoms with Gasteiger partial charge in [0.1, 0.15) is 17.0 Å². The van der Waals surface area contributed by atoms with Gasteiger partial charge in [-0.25, -0.2) is 9.78 Å². The molecule has 1 aliphatic rings. The number of carbonyl (C=O) groups is 2. The van der Waals surface area contributed by atoms with E-state index in [1.807, 2.05) is 30.3 Å². The lowest BCUT2D eigenvalue weighted by atomic mass is 10.1. The predicted molar refractivity (Wildman–Crippen MR) is 129 cm³/mol. The first-order chi connectivity index (χ1) is 17.0. The topological polar surface area (TPSA) is 104 Å². The third kappa shape index (κ3) is 5.56. The van der Waals surface area contributed by atoms with Crippen molar-refractivity contribution in [1.82, 2.24) is 19.4 Å². The molecule has 3 aromatic rings. The number of aromatic nitrogens is 3. The van der Waals surface area contributed by atoms with Gasteiger partial charge in [0.25, 0.3) is 11.5 Å². The normalized spacial score (nSPS) is 13.0. The van der Waals surface area contributed by atoms with Gasteiger partial charge in [-0.15, -0.1) is 0 Å². The Bertz CT molecular complexity index is 1260. The zero-order valence-electron chi connectivity index (χ0n) is 19.9. The lowest BCUT2D eigenvalue weighted by Gasteiger charge is -2.19. The number of hydrogen-bond donors (Lipinski definition) is 0. The van der Waals surface area contributed by atoms with Crippen LogP contribution in [-0.4, -0.2) is 58.1 Å². The molecular formula is C26H28N4O5. The van der Waals surface area contributed by atoms with Crippen molar-refractivity contribution in [1.29, 1.82) is 0 Å². The Morgan fingerprint density at radius 2 is 1.86 bits per heavy atom. The Morgan fingerprint density at radius 3 is 2.57 bits per heavy atom. The quantitative estimate of drug-likeness (QED) is 0.381. The summed E-state index contributed by atoms with van der Waals surface area (Å²) in [6, 6.07) is 11.4. The van der Waals surface area contributed by atoms with Gasteiger partial charge in [0.2, 0.25) is 0 Å². The fourth-order valence-electron chi connectivity index (χ4n) is 4.16. The molecule has 182 valence electrons. The van der Waals surface area contributed by atoms with Crippen molar-refractivity contribution in [2.75, 3.05) is 26.8 Å². The first kappa shape index (κ1) is 24.1. The summed E-state index contributed by atoms with van der Waals surface area (Å²) >= 11 is 0. The molecule has 4 rings (SSSR count). The van der Waals surface area contributed by atoms with Crippen LogP contribution in [0.15, 0.2) is 53.6 Å². The molecule has 9 nitrogen and oxygen atoms in total. The minimum Gasteiger partial charge on any atom is -0.492 e. The highest BCUT2D eigenvalue weighted by Crippen LogP contribution is 2.24. The molecule has 1 aromatic carbocycles. The van der Waals surface area contributed by atoms with E-state index in [-0.39, 0.29) is 35.0 Å². The molecule has 1 aliphatic heterocycles. The van der Waals surface area contributed by atoms with Crippen LogP contribution in [0.4, 0.5) is 0 Å². The van der Waals surface area contributed by atoms with Crippen molar-refractivity contribution in [2.24, 2.45) is 0 Å². The van der Waals surface area contributed by atoms with E-state index in [1.54, 1.807) is 18.0 Å². The standard InChI is InChI=1S/C26H28N4O5/c1-18-16-28-20(17-27-18)25(32)29-11-10-21-24(26(33)34-2)22(15-23(31)30(21)13-12-29)35-14-6-9-19-7-4-3-5-8-19/h3-5,7-8,15-17H,6,9-14H2,1-2H3. The number of carbonyl (C=O) groups excluding carboxylic acids is 2. The average molecular weight is 477 g/mol. The Kier molecular flexibility index (Phi) is 7.54. The van der Waals surface area contributed by atoms with Crippen LogP contribution >= 0.6 is 0 Å². The lowest BCUT2D eigenvalue weighted by Crippen LogP contribution is -2.34. The van der Waals surface area contributed by atoms with Crippen LogP contribution in [0, 0.1) is 6.92 Å². The smallest absolute Gasteiger partial charge is 0.343 e. The largest absolute Gasteiger partial charge is 0.492 e. The number of aryl methyl sites for hydroxylation is 2. The van der Waals surface area contributed by atoms with Crippen LogP contribution in [0.3, 0.4) is 0 Å². The molecule has 1 amide bonds.